The average Bonchev–Trinajstić information content (AvgIpc) is 2.75. The molecule has 0 amide bonds. The lowest BCUT2D eigenvalue weighted by Crippen LogP contribution is -2.62. The van der Waals surface area contributed by atoms with Crippen LogP contribution in [-0.4, -0.2) is 0 Å². The standard InChI is InChI=1S/C26H22N4/c27-15-10-11-16-18(14-15)24-21-9-1-3-12-29(21)25(16)23-17-6-5-7-19(28)22(17)26(24)30-13-4-2-8-20(23)30/h1-14,23-26H,27-28H2/q+2/t23-,24+,25+,26-/m1/s1. The zero-order valence-electron chi connectivity index (χ0n) is 16.4. The molecule has 0 saturated heterocycles. The van der Waals surface area contributed by atoms with Crippen LogP contribution in [0.25, 0.3) is 0 Å². The molecule has 6 aliphatic rings. The summed E-state index contributed by atoms with van der Waals surface area (Å²) in [4.78, 5) is 0. The van der Waals surface area contributed by atoms with E-state index in [1.54, 1.807) is 0 Å². The van der Waals surface area contributed by atoms with Crippen molar-refractivity contribution in [3.8, 4) is 0 Å². The predicted molar refractivity (Wildman–Crippen MR) is 115 cm³/mol. The first-order chi connectivity index (χ1) is 14.7. The Morgan fingerprint density at radius 2 is 1.30 bits per heavy atom. The third-order valence-electron chi connectivity index (χ3n) is 7.28. The number of nitrogens with zero attached hydrogens (tertiary/aromatic N) is 2. The van der Waals surface area contributed by atoms with Crippen molar-refractivity contribution in [1.82, 2.24) is 0 Å². The molecule has 0 radical (unpaired) electrons. The molecule has 2 aromatic heterocycles. The SMILES string of the molecule is Nc1ccc2c(c1)[C@H]1c3cccc[n+]3[C@@H]2[C@@H]2c3cccc(N)c3[C@H]1[n+]1ccccc12. The number of anilines is 2. The summed E-state index contributed by atoms with van der Waals surface area (Å²) in [7, 11) is 0. The number of nitrogens with two attached hydrogens (primary N) is 2. The summed E-state index contributed by atoms with van der Waals surface area (Å²) < 4.78 is 4.95. The second-order valence-corrected chi connectivity index (χ2v) is 8.65. The first-order valence-electron chi connectivity index (χ1n) is 10.5. The van der Waals surface area contributed by atoms with Crippen LogP contribution in [0.5, 0.6) is 0 Å². The molecule has 4 aromatic rings. The molecule has 0 unspecified atom stereocenters. The van der Waals surface area contributed by atoms with Crippen LogP contribution < -0.4 is 20.6 Å². The maximum absolute atomic E-state index is 6.66. The monoisotopic (exact) mass is 390 g/mol. The lowest BCUT2D eigenvalue weighted by atomic mass is 9.65. The van der Waals surface area contributed by atoms with E-state index in [4.69, 9.17) is 11.5 Å². The van der Waals surface area contributed by atoms with Crippen LogP contribution in [0.3, 0.4) is 0 Å². The summed E-state index contributed by atoms with van der Waals surface area (Å²) in [5.41, 5.74) is 22.7. The summed E-state index contributed by atoms with van der Waals surface area (Å²) in [6.45, 7) is 0. The third-order valence-corrected chi connectivity index (χ3v) is 7.28. The van der Waals surface area contributed by atoms with Crippen molar-refractivity contribution in [3.63, 3.8) is 0 Å². The molecule has 4 N–H and O–H groups in total. The molecule has 0 fully saturated rings. The number of hydrogen-bond donors (Lipinski definition) is 2. The Kier molecular flexibility index (Phi) is 2.95. The van der Waals surface area contributed by atoms with E-state index >= 15 is 0 Å². The van der Waals surface area contributed by atoms with Gasteiger partial charge in [0.05, 0.1) is 0 Å². The maximum atomic E-state index is 6.66. The van der Waals surface area contributed by atoms with Crippen LogP contribution in [-0.2, 0) is 0 Å². The molecule has 4 bridgehead atoms. The van der Waals surface area contributed by atoms with Crippen molar-refractivity contribution in [2.24, 2.45) is 0 Å². The number of aromatic nitrogens is 2. The molecule has 4 heteroatoms. The molecule has 0 saturated carbocycles. The first-order valence-corrected chi connectivity index (χ1v) is 10.5. The molecule has 144 valence electrons. The minimum atomic E-state index is 0.0871. The molecule has 4 nitrogen and oxygen atoms in total. The Bertz CT molecular complexity index is 1360. The second-order valence-electron chi connectivity index (χ2n) is 8.65. The second kappa shape index (κ2) is 5.48. The fourth-order valence-corrected chi connectivity index (χ4v) is 6.26. The Morgan fingerprint density at radius 1 is 0.600 bits per heavy atom. The van der Waals surface area contributed by atoms with Crippen LogP contribution in [0, 0.1) is 0 Å². The lowest BCUT2D eigenvalue weighted by Gasteiger charge is -2.42. The summed E-state index contributed by atoms with van der Waals surface area (Å²) in [5, 5.41) is 0. The first kappa shape index (κ1) is 16.2. The number of nitrogen functional groups attached to an aromatic ring is 2. The van der Waals surface area contributed by atoms with Gasteiger partial charge in [-0.05, 0) is 29.3 Å². The van der Waals surface area contributed by atoms with Gasteiger partial charge in [-0.2, -0.15) is 9.13 Å². The molecule has 7 heterocycles. The van der Waals surface area contributed by atoms with E-state index < -0.39 is 0 Å². The van der Waals surface area contributed by atoms with Gasteiger partial charge in [0.2, 0.25) is 12.1 Å². The largest absolute Gasteiger partial charge is 0.399 e. The smallest absolute Gasteiger partial charge is 0.202 e. The number of rotatable bonds is 0. The minimum Gasteiger partial charge on any atom is -0.399 e. The van der Waals surface area contributed by atoms with Crippen molar-refractivity contribution < 1.29 is 9.13 Å². The molecule has 5 aliphatic heterocycles. The molecule has 10 rings (SSSR count). The van der Waals surface area contributed by atoms with E-state index in [0.29, 0.717) is 0 Å². The van der Waals surface area contributed by atoms with Gasteiger partial charge in [-0.3, -0.25) is 0 Å². The van der Waals surface area contributed by atoms with Crippen LogP contribution in [0.1, 0.15) is 57.6 Å². The van der Waals surface area contributed by atoms with Crippen LogP contribution in [0.2, 0.25) is 0 Å². The fraction of sp³-hybridized carbons (Fsp3) is 0.154. The van der Waals surface area contributed by atoms with E-state index in [1.807, 2.05) is 12.1 Å². The van der Waals surface area contributed by atoms with Crippen LogP contribution in [0.15, 0.2) is 85.2 Å². The zero-order chi connectivity index (χ0) is 20.0. The van der Waals surface area contributed by atoms with E-state index in [-0.39, 0.29) is 23.9 Å². The van der Waals surface area contributed by atoms with Gasteiger partial charge in [-0.1, -0.05) is 30.3 Å². The zero-order valence-corrected chi connectivity index (χ0v) is 16.4. The quantitative estimate of drug-likeness (QED) is 0.358. The molecular weight excluding hydrogens is 368 g/mol. The van der Waals surface area contributed by atoms with Crippen molar-refractivity contribution in [1.29, 1.82) is 0 Å². The van der Waals surface area contributed by atoms with Gasteiger partial charge < -0.3 is 11.5 Å². The van der Waals surface area contributed by atoms with Gasteiger partial charge in [-0.15, -0.1) is 0 Å². The van der Waals surface area contributed by atoms with Gasteiger partial charge in [0.25, 0.3) is 0 Å². The van der Waals surface area contributed by atoms with Gasteiger partial charge in [-0.25, -0.2) is 0 Å². The third kappa shape index (κ3) is 1.82. The Morgan fingerprint density at radius 3 is 2.07 bits per heavy atom. The van der Waals surface area contributed by atoms with Gasteiger partial charge >= 0.3 is 0 Å². The molecule has 30 heavy (non-hydrogen) atoms. The van der Waals surface area contributed by atoms with Gasteiger partial charge in [0, 0.05) is 46.8 Å². The Hall–Kier alpha value is -3.66. The van der Waals surface area contributed by atoms with Crippen LogP contribution >= 0.6 is 0 Å². The highest BCUT2D eigenvalue weighted by atomic mass is 15.1. The average molecular weight is 390 g/mol. The maximum Gasteiger partial charge on any atom is 0.202 e. The minimum absolute atomic E-state index is 0.0871. The molecule has 0 spiro atoms. The summed E-state index contributed by atoms with van der Waals surface area (Å²) in [6.07, 6.45) is 4.47. The highest BCUT2D eigenvalue weighted by Gasteiger charge is 2.59. The summed E-state index contributed by atoms with van der Waals surface area (Å²) in [5.74, 6) is 0.313. The van der Waals surface area contributed by atoms with E-state index in [0.717, 1.165) is 11.4 Å². The van der Waals surface area contributed by atoms with E-state index in [9.17, 15) is 0 Å². The molecule has 1 aliphatic carbocycles. The summed E-state index contributed by atoms with van der Waals surface area (Å²) in [6, 6.07) is 26.3. The fourth-order valence-electron chi connectivity index (χ4n) is 6.26. The molecule has 2 aromatic carbocycles. The van der Waals surface area contributed by atoms with E-state index in [1.165, 1.54) is 33.6 Å². The van der Waals surface area contributed by atoms with Crippen molar-refractivity contribution in [2.75, 3.05) is 11.5 Å². The number of benzene rings is 2. The Labute approximate surface area is 175 Å². The topological polar surface area (TPSA) is 59.8 Å². The normalized spacial score (nSPS) is 24.3. The van der Waals surface area contributed by atoms with Crippen molar-refractivity contribution in [2.45, 2.75) is 23.9 Å². The lowest BCUT2D eigenvalue weighted by molar-refractivity contribution is -0.769. The van der Waals surface area contributed by atoms with Crippen molar-refractivity contribution in [3.05, 3.63) is 119 Å². The predicted octanol–water partition coefficient (Wildman–Crippen LogP) is 3.21. The van der Waals surface area contributed by atoms with Crippen LogP contribution in [0.4, 0.5) is 11.4 Å². The van der Waals surface area contributed by atoms with Gasteiger partial charge in [0.15, 0.2) is 23.8 Å². The number of hydrogen-bond acceptors (Lipinski definition) is 2. The van der Waals surface area contributed by atoms with Crippen molar-refractivity contribution >= 4 is 11.4 Å². The molecular formula is C26H22N4+2. The Balaban J connectivity index is 1.70. The number of pyridine rings is 2. The highest BCUT2D eigenvalue weighted by molar-refractivity contribution is 5.61. The molecule has 4 atom stereocenters. The van der Waals surface area contributed by atoms with Gasteiger partial charge in [0.1, 0.15) is 11.8 Å². The summed E-state index contributed by atoms with van der Waals surface area (Å²) >= 11 is 0. The van der Waals surface area contributed by atoms with E-state index in [2.05, 4.69) is 82.2 Å². The highest BCUT2D eigenvalue weighted by Crippen LogP contribution is 2.55.